The van der Waals surface area contributed by atoms with Gasteiger partial charge >= 0.3 is 0 Å². The molecule has 5 heteroatoms. The van der Waals surface area contributed by atoms with Crippen LogP contribution in [0.3, 0.4) is 0 Å². The normalized spacial score (nSPS) is 10.6. The van der Waals surface area contributed by atoms with E-state index in [4.69, 9.17) is 5.73 Å². The number of rotatable bonds is 5. The molecule has 0 bridgehead atoms. The molecular formula is C11H15N5. The van der Waals surface area contributed by atoms with Gasteiger partial charge in [0.05, 0.1) is 18.1 Å². The molecule has 0 aliphatic rings. The molecule has 0 saturated carbocycles. The standard InChI is InChI=1S/C11H15N5/c12-6-2-1-4-10-8-14-16(15-10)11-5-3-7-13-9-11/h3,5,7-9H,1-2,4,6,12H2. The Morgan fingerprint density at radius 1 is 1.25 bits per heavy atom. The van der Waals surface area contributed by atoms with E-state index < -0.39 is 0 Å². The zero-order chi connectivity index (χ0) is 11.2. The first kappa shape index (κ1) is 10.8. The Kier molecular flexibility index (Phi) is 3.61. The van der Waals surface area contributed by atoms with Gasteiger partial charge < -0.3 is 5.73 Å². The molecule has 0 atom stereocenters. The van der Waals surface area contributed by atoms with Crippen LogP contribution in [0, 0.1) is 0 Å². The van der Waals surface area contributed by atoms with Crippen LogP contribution in [0.4, 0.5) is 0 Å². The SMILES string of the molecule is NCCCCc1cnn(-c2cccnc2)n1. The van der Waals surface area contributed by atoms with E-state index in [1.807, 2.05) is 12.1 Å². The van der Waals surface area contributed by atoms with Crippen molar-refractivity contribution >= 4 is 0 Å². The lowest BCUT2D eigenvalue weighted by Gasteiger charge is -1.97. The molecule has 0 unspecified atom stereocenters. The maximum atomic E-state index is 5.44. The summed E-state index contributed by atoms with van der Waals surface area (Å²) < 4.78 is 0. The van der Waals surface area contributed by atoms with Crippen molar-refractivity contribution in [2.45, 2.75) is 19.3 Å². The highest BCUT2D eigenvalue weighted by Gasteiger charge is 2.02. The van der Waals surface area contributed by atoms with E-state index in [1.165, 1.54) is 0 Å². The van der Waals surface area contributed by atoms with Gasteiger partial charge in [-0.25, -0.2) is 0 Å². The number of hydrogen-bond acceptors (Lipinski definition) is 4. The molecule has 0 amide bonds. The molecule has 16 heavy (non-hydrogen) atoms. The number of nitrogens with two attached hydrogens (primary N) is 1. The van der Waals surface area contributed by atoms with Crippen LogP contribution in [-0.2, 0) is 6.42 Å². The quantitative estimate of drug-likeness (QED) is 0.757. The fourth-order valence-corrected chi connectivity index (χ4v) is 1.46. The van der Waals surface area contributed by atoms with E-state index in [0.29, 0.717) is 0 Å². The van der Waals surface area contributed by atoms with Crippen LogP contribution in [0.2, 0.25) is 0 Å². The lowest BCUT2D eigenvalue weighted by Crippen LogP contribution is -2.01. The Morgan fingerprint density at radius 2 is 2.19 bits per heavy atom. The summed E-state index contributed by atoms with van der Waals surface area (Å²) in [5.41, 5.74) is 7.32. The summed E-state index contributed by atoms with van der Waals surface area (Å²) in [7, 11) is 0. The third-order valence-corrected chi connectivity index (χ3v) is 2.30. The van der Waals surface area contributed by atoms with Crippen LogP contribution in [0.5, 0.6) is 0 Å². The van der Waals surface area contributed by atoms with Gasteiger partial charge in [0.1, 0.15) is 5.69 Å². The number of aromatic nitrogens is 4. The molecule has 84 valence electrons. The number of aryl methyl sites for hydroxylation is 1. The molecule has 0 aliphatic carbocycles. The third-order valence-electron chi connectivity index (χ3n) is 2.30. The van der Waals surface area contributed by atoms with Gasteiger partial charge in [0, 0.05) is 6.20 Å². The van der Waals surface area contributed by atoms with Gasteiger partial charge in [-0.15, -0.1) is 4.80 Å². The molecule has 0 aliphatic heterocycles. The fourth-order valence-electron chi connectivity index (χ4n) is 1.46. The number of nitrogens with zero attached hydrogens (tertiary/aromatic N) is 4. The van der Waals surface area contributed by atoms with Crippen LogP contribution >= 0.6 is 0 Å². The largest absolute Gasteiger partial charge is 0.330 e. The molecule has 2 aromatic rings. The van der Waals surface area contributed by atoms with E-state index in [0.717, 1.165) is 37.2 Å². The first-order valence-corrected chi connectivity index (χ1v) is 5.42. The van der Waals surface area contributed by atoms with Crippen molar-refractivity contribution in [2.75, 3.05) is 6.54 Å². The van der Waals surface area contributed by atoms with Gasteiger partial charge in [-0.2, -0.15) is 10.2 Å². The Morgan fingerprint density at radius 3 is 2.94 bits per heavy atom. The average Bonchev–Trinajstić information content (AvgIpc) is 2.79. The van der Waals surface area contributed by atoms with Crippen molar-refractivity contribution in [3.8, 4) is 5.69 Å². The minimum absolute atomic E-state index is 0.733. The van der Waals surface area contributed by atoms with E-state index in [2.05, 4.69) is 15.2 Å². The first-order chi connectivity index (χ1) is 7.90. The molecule has 2 aromatic heterocycles. The summed E-state index contributed by atoms with van der Waals surface area (Å²) in [6.45, 7) is 0.733. The average molecular weight is 217 g/mol. The van der Waals surface area contributed by atoms with E-state index in [9.17, 15) is 0 Å². The van der Waals surface area contributed by atoms with Crippen molar-refractivity contribution < 1.29 is 0 Å². The van der Waals surface area contributed by atoms with Crippen molar-refractivity contribution in [1.82, 2.24) is 20.0 Å². The zero-order valence-electron chi connectivity index (χ0n) is 9.08. The molecule has 0 fully saturated rings. The second-order valence-electron chi connectivity index (χ2n) is 3.58. The van der Waals surface area contributed by atoms with Crippen LogP contribution in [-0.4, -0.2) is 26.5 Å². The Labute approximate surface area is 94.3 Å². The van der Waals surface area contributed by atoms with E-state index in [-0.39, 0.29) is 0 Å². The molecule has 2 N–H and O–H groups in total. The van der Waals surface area contributed by atoms with Crippen molar-refractivity contribution in [2.24, 2.45) is 5.73 Å². The predicted molar refractivity (Wildman–Crippen MR) is 61.1 cm³/mol. The molecular weight excluding hydrogens is 202 g/mol. The Balaban J connectivity index is 2.02. The summed E-state index contributed by atoms with van der Waals surface area (Å²) in [4.78, 5) is 5.63. The highest BCUT2D eigenvalue weighted by atomic mass is 15.5. The molecule has 0 spiro atoms. The second-order valence-corrected chi connectivity index (χ2v) is 3.58. The molecule has 0 aromatic carbocycles. The highest BCUT2D eigenvalue weighted by Crippen LogP contribution is 2.04. The minimum Gasteiger partial charge on any atom is -0.330 e. The van der Waals surface area contributed by atoms with Gasteiger partial charge in [-0.05, 0) is 37.9 Å². The summed E-state index contributed by atoms with van der Waals surface area (Å²) >= 11 is 0. The van der Waals surface area contributed by atoms with Gasteiger partial charge in [0.2, 0.25) is 0 Å². The zero-order valence-corrected chi connectivity index (χ0v) is 9.08. The molecule has 2 rings (SSSR count). The fraction of sp³-hybridized carbons (Fsp3) is 0.364. The number of pyridine rings is 1. The molecule has 5 nitrogen and oxygen atoms in total. The van der Waals surface area contributed by atoms with Crippen LogP contribution in [0.25, 0.3) is 5.69 Å². The minimum atomic E-state index is 0.733. The Hall–Kier alpha value is -1.75. The van der Waals surface area contributed by atoms with Crippen molar-refractivity contribution in [3.63, 3.8) is 0 Å². The topological polar surface area (TPSA) is 69.6 Å². The molecule has 0 saturated heterocycles. The van der Waals surface area contributed by atoms with Crippen LogP contribution < -0.4 is 5.73 Å². The summed E-state index contributed by atoms with van der Waals surface area (Å²) in [5.74, 6) is 0. The number of unbranched alkanes of at least 4 members (excludes halogenated alkanes) is 1. The summed E-state index contributed by atoms with van der Waals surface area (Å²) in [5, 5.41) is 8.58. The lowest BCUT2D eigenvalue weighted by molar-refractivity contribution is 0.701. The van der Waals surface area contributed by atoms with Gasteiger partial charge in [-0.3, -0.25) is 4.98 Å². The Bertz CT molecular complexity index is 423. The predicted octanol–water partition coefficient (Wildman–Crippen LogP) is 0.944. The van der Waals surface area contributed by atoms with Crippen molar-refractivity contribution in [1.29, 1.82) is 0 Å². The van der Waals surface area contributed by atoms with E-state index >= 15 is 0 Å². The van der Waals surface area contributed by atoms with Crippen molar-refractivity contribution in [3.05, 3.63) is 36.4 Å². The summed E-state index contributed by atoms with van der Waals surface area (Å²) in [6.07, 6.45) is 8.28. The van der Waals surface area contributed by atoms with Crippen LogP contribution in [0.1, 0.15) is 18.5 Å². The van der Waals surface area contributed by atoms with Crippen LogP contribution in [0.15, 0.2) is 30.7 Å². The maximum Gasteiger partial charge on any atom is 0.104 e. The van der Waals surface area contributed by atoms with E-state index in [1.54, 1.807) is 23.4 Å². The smallest absolute Gasteiger partial charge is 0.104 e. The van der Waals surface area contributed by atoms with Gasteiger partial charge in [0.15, 0.2) is 0 Å². The van der Waals surface area contributed by atoms with Gasteiger partial charge in [0.25, 0.3) is 0 Å². The monoisotopic (exact) mass is 217 g/mol. The lowest BCUT2D eigenvalue weighted by atomic mass is 10.2. The molecule has 2 heterocycles. The summed E-state index contributed by atoms with van der Waals surface area (Å²) in [6, 6.07) is 3.80. The first-order valence-electron chi connectivity index (χ1n) is 5.42. The molecule has 0 radical (unpaired) electrons. The third kappa shape index (κ3) is 2.64. The number of hydrogen-bond donors (Lipinski definition) is 1. The maximum absolute atomic E-state index is 5.44. The van der Waals surface area contributed by atoms with Gasteiger partial charge in [-0.1, -0.05) is 0 Å². The highest BCUT2D eigenvalue weighted by molar-refractivity contribution is 5.24. The second kappa shape index (κ2) is 5.37.